The van der Waals surface area contributed by atoms with Gasteiger partial charge in [0.2, 0.25) is 12.7 Å². The highest BCUT2D eigenvalue weighted by Gasteiger charge is 2.21. The summed E-state index contributed by atoms with van der Waals surface area (Å²) in [6, 6.07) is 13.3. The molecule has 1 amide bonds. The second kappa shape index (κ2) is 8.62. The molecule has 2 aromatic carbocycles. The van der Waals surface area contributed by atoms with Gasteiger partial charge in [0, 0.05) is 37.4 Å². The first-order chi connectivity index (χ1) is 15.1. The van der Waals surface area contributed by atoms with Crippen LogP contribution in [-0.2, 0) is 11.3 Å². The lowest BCUT2D eigenvalue weighted by Gasteiger charge is -2.34. The number of hydrogen-bond acceptors (Lipinski definition) is 8. The molecule has 5 rings (SSSR count). The number of fused-ring (bicyclic) bond motifs is 2. The van der Waals surface area contributed by atoms with E-state index < -0.39 is 0 Å². The zero-order chi connectivity index (χ0) is 21.2. The number of hydrogen-bond donors (Lipinski definition) is 1. The van der Waals surface area contributed by atoms with Crippen LogP contribution in [-0.4, -0.2) is 60.2 Å². The molecule has 2 aliphatic heterocycles. The van der Waals surface area contributed by atoms with Crippen LogP contribution < -0.4 is 20.3 Å². The molecule has 0 saturated carbocycles. The Hall–Kier alpha value is -3.01. The molecular weight excluding hydrogens is 416 g/mol. The lowest BCUT2D eigenvalue weighted by Crippen LogP contribution is -2.48. The fraction of sp³-hybridized carbons (Fsp3) is 0.318. The summed E-state index contributed by atoms with van der Waals surface area (Å²) in [7, 11) is 0. The second-order valence-corrected chi connectivity index (χ2v) is 8.64. The van der Waals surface area contributed by atoms with Crippen LogP contribution in [0.25, 0.3) is 10.1 Å². The Balaban J connectivity index is 1.13. The Morgan fingerprint density at radius 1 is 1.03 bits per heavy atom. The minimum absolute atomic E-state index is 0.150. The minimum Gasteiger partial charge on any atom is -0.454 e. The average molecular weight is 439 g/mol. The molecule has 3 heterocycles. The molecule has 3 aromatic rings. The molecular formula is C22H22N4O4S. The number of amides is 1. The maximum absolute atomic E-state index is 12.5. The molecule has 0 bridgehead atoms. The first-order valence-corrected chi connectivity index (χ1v) is 11.0. The molecule has 1 fully saturated rings. The highest BCUT2D eigenvalue weighted by Crippen LogP contribution is 2.32. The van der Waals surface area contributed by atoms with Crippen LogP contribution in [0.15, 0.2) is 47.3 Å². The lowest BCUT2D eigenvalue weighted by atomic mass is 10.1. The highest BCUT2D eigenvalue weighted by molar-refractivity contribution is 7.21. The van der Waals surface area contributed by atoms with E-state index in [0.717, 1.165) is 48.9 Å². The zero-order valence-electron chi connectivity index (χ0n) is 16.9. The molecule has 0 spiro atoms. The highest BCUT2D eigenvalue weighted by atomic mass is 32.1. The van der Waals surface area contributed by atoms with E-state index in [4.69, 9.17) is 9.47 Å². The summed E-state index contributed by atoms with van der Waals surface area (Å²) in [6.07, 6.45) is 0. The normalized spacial score (nSPS) is 16.5. The van der Waals surface area contributed by atoms with Crippen molar-refractivity contribution in [3.05, 3.63) is 58.4 Å². The van der Waals surface area contributed by atoms with Crippen LogP contribution >= 0.6 is 11.3 Å². The third-order valence-electron chi connectivity index (χ3n) is 5.45. The van der Waals surface area contributed by atoms with Gasteiger partial charge in [-0.25, -0.2) is 0 Å². The van der Waals surface area contributed by atoms with Gasteiger partial charge in [0.1, 0.15) is 0 Å². The van der Waals surface area contributed by atoms with Crippen molar-refractivity contribution in [1.29, 1.82) is 0 Å². The molecule has 9 heteroatoms. The maximum Gasteiger partial charge on any atom is 0.281 e. The van der Waals surface area contributed by atoms with E-state index in [-0.39, 0.29) is 24.8 Å². The van der Waals surface area contributed by atoms with E-state index in [0.29, 0.717) is 10.5 Å². The summed E-state index contributed by atoms with van der Waals surface area (Å²) in [5.74, 6) is 1.45. The smallest absolute Gasteiger partial charge is 0.281 e. The number of rotatable bonds is 5. The Morgan fingerprint density at radius 3 is 2.68 bits per heavy atom. The van der Waals surface area contributed by atoms with Crippen molar-refractivity contribution in [2.45, 2.75) is 6.54 Å². The molecule has 0 atom stereocenters. The van der Waals surface area contributed by atoms with Crippen molar-refractivity contribution in [2.24, 2.45) is 0 Å². The summed E-state index contributed by atoms with van der Waals surface area (Å²) >= 11 is 1.31. The summed E-state index contributed by atoms with van der Waals surface area (Å²) in [5.41, 5.74) is 0.870. The molecule has 0 aliphatic carbocycles. The Bertz CT molecular complexity index is 1170. The SMILES string of the molecule is O=C(CN1CCN(Cc2ccc3c(c2)OCO3)CC1)Nc1nc(=O)c2ccccc2s1. The van der Waals surface area contributed by atoms with Crippen LogP contribution in [0.1, 0.15) is 5.56 Å². The van der Waals surface area contributed by atoms with Crippen LogP contribution in [0.3, 0.4) is 0 Å². The van der Waals surface area contributed by atoms with Gasteiger partial charge < -0.3 is 14.8 Å². The molecule has 1 saturated heterocycles. The van der Waals surface area contributed by atoms with Crippen molar-refractivity contribution >= 4 is 32.5 Å². The molecule has 1 N–H and O–H groups in total. The molecule has 0 unspecified atom stereocenters. The van der Waals surface area contributed by atoms with Gasteiger partial charge in [-0.05, 0) is 29.8 Å². The summed E-state index contributed by atoms with van der Waals surface area (Å²) < 4.78 is 11.6. The van der Waals surface area contributed by atoms with Crippen molar-refractivity contribution in [2.75, 3.05) is 44.8 Å². The van der Waals surface area contributed by atoms with Gasteiger partial charge in [-0.2, -0.15) is 4.98 Å². The average Bonchev–Trinajstić information content (AvgIpc) is 3.23. The monoisotopic (exact) mass is 438 g/mol. The number of carbonyl (C=O) groups is 1. The number of nitrogens with one attached hydrogen (secondary N) is 1. The minimum atomic E-state index is -0.318. The standard InChI is InChI=1S/C22H22N4O4S/c27-20(23-22-24-21(28)16-3-1-2-4-19(16)31-22)13-26-9-7-25(8-10-26)12-15-5-6-17-18(11-15)30-14-29-17/h1-6,11H,7-10,12-14H2,(H,23,24,27,28). The van der Waals surface area contributed by atoms with Gasteiger partial charge >= 0.3 is 0 Å². The van der Waals surface area contributed by atoms with Crippen molar-refractivity contribution in [3.8, 4) is 11.5 Å². The van der Waals surface area contributed by atoms with Gasteiger partial charge in [-0.1, -0.05) is 29.5 Å². The van der Waals surface area contributed by atoms with Gasteiger partial charge in [0.05, 0.1) is 11.9 Å². The number of carbonyl (C=O) groups excluding carboxylic acids is 1. The van der Waals surface area contributed by atoms with Gasteiger partial charge in [0.25, 0.3) is 5.56 Å². The molecule has 31 heavy (non-hydrogen) atoms. The molecule has 0 radical (unpaired) electrons. The number of aromatic nitrogens is 1. The third kappa shape index (κ3) is 4.53. The molecule has 1 aromatic heterocycles. The van der Waals surface area contributed by atoms with E-state index in [1.54, 1.807) is 6.07 Å². The fourth-order valence-corrected chi connectivity index (χ4v) is 4.74. The largest absolute Gasteiger partial charge is 0.454 e. The first kappa shape index (κ1) is 19.9. The topological polar surface area (TPSA) is 84.0 Å². The predicted octanol–water partition coefficient (Wildman–Crippen LogP) is 2.14. The van der Waals surface area contributed by atoms with E-state index >= 15 is 0 Å². The molecule has 8 nitrogen and oxygen atoms in total. The quantitative estimate of drug-likeness (QED) is 0.653. The number of benzene rings is 2. The maximum atomic E-state index is 12.5. The Kier molecular flexibility index (Phi) is 5.54. The second-order valence-electron chi connectivity index (χ2n) is 7.61. The van der Waals surface area contributed by atoms with Crippen LogP contribution in [0.5, 0.6) is 11.5 Å². The fourth-order valence-electron chi connectivity index (χ4n) is 3.83. The van der Waals surface area contributed by atoms with Gasteiger partial charge in [-0.15, -0.1) is 0 Å². The number of anilines is 1. The number of nitrogens with zero attached hydrogens (tertiary/aromatic N) is 3. The predicted molar refractivity (Wildman–Crippen MR) is 119 cm³/mol. The summed E-state index contributed by atoms with van der Waals surface area (Å²) in [5, 5.41) is 3.70. The molecule has 160 valence electrons. The van der Waals surface area contributed by atoms with Crippen LogP contribution in [0, 0.1) is 0 Å². The Morgan fingerprint density at radius 2 is 1.81 bits per heavy atom. The zero-order valence-corrected chi connectivity index (χ0v) is 17.7. The van der Waals surface area contributed by atoms with Crippen LogP contribution in [0.2, 0.25) is 0 Å². The molecule has 2 aliphatic rings. The first-order valence-electron chi connectivity index (χ1n) is 10.2. The van der Waals surface area contributed by atoms with Crippen molar-refractivity contribution < 1.29 is 14.3 Å². The van der Waals surface area contributed by atoms with Gasteiger partial charge in [0.15, 0.2) is 16.6 Å². The van der Waals surface area contributed by atoms with E-state index in [9.17, 15) is 9.59 Å². The summed E-state index contributed by atoms with van der Waals surface area (Å²) in [6.45, 7) is 4.77. The third-order valence-corrected chi connectivity index (χ3v) is 6.41. The van der Waals surface area contributed by atoms with Crippen LogP contribution in [0.4, 0.5) is 5.13 Å². The number of ether oxygens (including phenoxy) is 2. The lowest BCUT2D eigenvalue weighted by molar-refractivity contribution is -0.117. The van der Waals surface area contributed by atoms with E-state index in [1.807, 2.05) is 30.3 Å². The Labute approximate surface area is 183 Å². The van der Waals surface area contributed by atoms with E-state index in [2.05, 4.69) is 26.2 Å². The number of piperazine rings is 1. The van der Waals surface area contributed by atoms with Crippen molar-refractivity contribution in [3.63, 3.8) is 0 Å². The van der Waals surface area contributed by atoms with Crippen molar-refractivity contribution in [1.82, 2.24) is 14.8 Å². The summed E-state index contributed by atoms with van der Waals surface area (Å²) in [4.78, 5) is 33.1. The van der Waals surface area contributed by atoms with Gasteiger partial charge in [-0.3, -0.25) is 19.4 Å². The van der Waals surface area contributed by atoms with E-state index in [1.165, 1.54) is 16.9 Å².